The van der Waals surface area contributed by atoms with Gasteiger partial charge in [-0.25, -0.2) is 0 Å². The maximum absolute atomic E-state index is 12.1. The van der Waals surface area contributed by atoms with Gasteiger partial charge in [0.15, 0.2) is 5.75 Å². The van der Waals surface area contributed by atoms with Crippen LogP contribution in [0.1, 0.15) is 23.7 Å². The first-order valence-electron chi connectivity index (χ1n) is 5.62. The Kier molecular flexibility index (Phi) is 4.86. The summed E-state index contributed by atoms with van der Waals surface area (Å²) in [5.41, 5.74) is 5.27. The number of benzene rings is 1. The van der Waals surface area contributed by atoms with Gasteiger partial charge in [0.2, 0.25) is 0 Å². The monoisotopic (exact) mass is 286 g/mol. The molecule has 0 heterocycles. The fourth-order valence-electron chi connectivity index (χ4n) is 1.44. The highest BCUT2D eigenvalue weighted by atomic mass is 19.4. The molecule has 1 rings (SSSR count). The number of amides is 1. The number of nitrogen functional groups attached to an aromatic ring is 1. The molecule has 0 radical (unpaired) electrons. The quantitative estimate of drug-likeness (QED) is 0.659. The van der Waals surface area contributed by atoms with Crippen molar-refractivity contribution in [1.82, 2.24) is 5.32 Å². The van der Waals surface area contributed by atoms with Gasteiger partial charge in [-0.05, 0) is 25.1 Å². The predicted octanol–water partition coefficient (Wildman–Crippen LogP) is 2.31. The largest absolute Gasteiger partial charge is 0.573 e. The summed E-state index contributed by atoms with van der Waals surface area (Å²) in [7, 11) is 0. The van der Waals surface area contributed by atoms with E-state index in [0.29, 0.717) is 6.42 Å². The van der Waals surface area contributed by atoms with Gasteiger partial charge in [-0.15, -0.1) is 25.5 Å². The van der Waals surface area contributed by atoms with E-state index in [1.807, 2.05) is 0 Å². The van der Waals surface area contributed by atoms with Crippen molar-refractivity contribution in [1.29, 1.82) is 0 Å². The van der Waals surface area contributed by atoms with Crippen LogP contribution in [0.3, 0.4) is 0 Å². The molecule has 7 heteroatoms. The molecule has 0 saturated carbocycles. The fourth-order valence-corrected chi connectivity index (χ4v) is 1.44. The Morgan fingerprint density at radius 1 is 1.55 bits per heavy atom. The first kappa shape index (κ1) is 15.7. The number of hydrogen-bond donors (Lipinski definition) is 2. The molecule has 0 aliphatic heterocycles. The lowest BCUT2D eigenvalue weighted by atomic mass is 10.1. The first-order valence-corrected chi connectivity index (χ1v) is 5.62. The molecule has 1 aromatic rings. The maximum atomic E-state index is 12.1. The van der Waals surface area contributed by atoms with Crippen LogP contribution >= 0.6 is 0 Å². The Labute approximate surface area is 114 Å². The normalized spacial score (nSPS) is 12.3. The number of alkyl halides is 3. The number of nitrogens with two attached hydrogens (primary N) is 1. The second-order valence-electron chi connectivity index (χ2n) is 4.08. The smallest absolute Gasteiger partial charge is 0.404 e. The van der Waals surface area contributed by atoms with Crippen LogP contribution in [-0.4, -0.2) is 18.3 Å². The summed E-state index contributed by atoms with van der Waals surface area (Å²) in [6, 6.07) is 3.04. The zero-order valence-electron chi connectivity index (χ0n) is 10.6. The second kappa shape index (κ2) is 6.19. The maximum Gasteiger partial charge on any atom is 0.573 e. The summed E-state index contributed by atoms with van der Waals surface area (Å²) < 4.78 is 39.9. The number of carbonyl (C=O) groups is 1. The van der Waals surface area contributed by atoms with E-state index < -0.39 is 18.0 Å². The Bertz CT molecular complexity index is 535. The van der Waals surface area contributed by atoms with E-state index in [-0.39, 0.29) is 17.3 Å². The number of halogens is 3. The van der Waals surface area contributed by atoms with Gasteiger partial charge in [0, 0.05) is 18.0 Å². The van der Waals surface area contributed by atoms with Crippen molar-refractivity contribution in [2.45, 2.75) is 25.7 Å². The van der Waals surface area contributed by atoms with Gasteiger partial charge in [0.1, 0.15) is 0 Å². The minimum absolute atomic E-state index is 0.126. The standard InChI is InChI=1S/C13H13F3N2O2/c1-3-4-8(2)18-12(19)9-5-6-11(10(17)7-9)20-13(14,15)16/h1,5-8H,4,17H2,2H3,(H,18,19). The van der Waals surface area contributed by atoms with Gasteiger partial charge in [0.25, 0.3) is 5.91 Å². The van der Waals surface area contributed by atoms with Crippen LogP contribution in [0.5, 0.6) is 5.75 Å². The molecule has 0 saturated heterocycles. The van der Waals surface area contributed by atoms with Crippen molar-refractivity contribution >= 4 is 11.6 Å². The SMILES string of the molecule is C#CCC(C)NC(=O)c1ccc(OC(F)(F)F)c(N)c1. The Hall–Kier alpha value is -2.36. The lowest BCUT2D eigenvalue weighted by Crippen LogP contribution is -2.32. The molecule has 20 heavy (non-hydrogen) atoms. The molecule has 0 fully saturated rings. The highest BCUT2D eigenvalue weighted by Gasteiger charge is 2.32. The minimum Gasteiger partial charge on any atom is -0.404 e. The second-order valence-corrected chi connectivity index (χ2v) is 4.08. The number of terminal acetylenes is 1. The molecule has 108 valence electrons. The average molecular weight is 286 g/mol. The molecule has 0 aliphatic carbocycles. The van der Waals surface area contributed by atoms with E-state index in [4.69, 9.17) is 12.2 Å². The predicted molar refractivity (Wildman–Crippen MR) is 67.9 cm³/mol. The van der Waals surface area contributed by atoms with Crippen molar-refractivity contribution < 1.29 is 22.7 Å². The molecule has 1 amide bonds. The van der Waals surface area contributed by atoms with Crippen LogP contribution in [0.15, 0.2) is 18.2 Å². The first-order chi connectivity index (χ1) is 9.23. The van der Waals surface area contributed by atoms with Gasteiger partial charge >= 0.3 is 6.36 Å². The summed E-state index contributed by atoms with van der Waals surface area (Å²) >= 11 is 0. The molecular formula is C13H13F3N2O2. The van der Waals surface area contributed by atoms with Crippen molar-refractivity contribution in [3.05, 3.63) is 23.8 Å². The molecular weight excluding hydrogens is 273 g/mol. The number of hydrogen-bond acceptors (Lipinski definition) is 3. The zero-order chi connectivity index (χ0) is 15.3. The highest BCUT2D eigenvalue weighted by Crippen LogP contribution is 2.28. The van der Waals surface area contributed by atoms with Gasteiger partial charge < -0.3 is 15.8 Å². The number of anilines is 1. The summed E-state index contributed by atoms with van der Waals surface area (Å²) in [6.07, 6.45) is 0.612. The summed E-state index contributed by atoms with van der Waals surface area (Å²) in [4.78, 5) is 11.8. The third kappa shape index (κ3) is 4.72. The van der Waals surface area contributed by atoms with Gasteiger partial charge in [-0.1, -0.05) is 0 Å². The van der Waals surface area contributed by atoms with Crippen LogP contribution in [0.2, 0.25) is 0 Å². The van der Waals surface area contributed by atoms with Crippen molar-refractivity contribution in [2.75, 3.05) is 5.73 Å². The molecule has 1 atom stereocenters. The van der Waals surface area contributed by atoms with Gasteiger partial charge in [-0.2, -0.15) is 0 Å². The number of ether oxygens (including phenoxy) is 1. The summed E-state index contributed by atoms with van der Waals surface area (Å²) in [6.45, 7) is 1.71. The van der Waals surface area contributed by atoms with Crippen molar-refractivity contribution in [2.24, 2.45) is 0 Å². The average Bonchev–Trinajstić information content (AvgIpc) is 2.30. The van der Waals surface area contributed by atoms with Crippen LogP contribution < -0.4 is 15.8 Å². The van der Waals surface area contributed by atoms with Gasteiger partial charge in [-0.3, -0.25) is 4.79 Å². The summed E-state index contributed by atoms with van der Waals surface area (Å²) in [5.74, 6) is 1.36. The minimum atomic E-state index is -4.83. The molecule has 1 unspecified atom stereocenters. The van der Waals surface area contributed by atoms with Crippen molar-refractivity contribution in [3.63, 3.8) is 0 Å². The zero-order valence-corrected chi connectivity index (χ0v) is 10.6. The van der Waals surface area contributed by atoms with E-state index in [1.54, 1.807) is 6.92 Å². The number of rotatable bonds is 4. The van der Waals surface area contributed by atoms with E-state index in [2.05, 4.69) is 16.0 Å². The molecule has 3 N–H and O–H groups in total. The Balaban J connectivity index is 2.82. The highest BCUT2D eigenvalue weighted by molar-refractivity contribution is 5.95. The van der Waals surface area contributed by atoms with E-state index >= 15 is 0 Å². The van der Waals surface area contributed by atoms with Crippen molar-refractivity contribution in [3.8, 4) is 18.1 Å². The van der Waals surface area contributed by atoms with E-state index in [1.165, 1.54) is 6.07 Å². The van der Waals surface area contributed by atoms with Crippen LogP contribution in [0, 0.1) is 12.3 Å². The summed E-state index contributed by atoms with van der Waals surface area (Å²) in [5, 5.41) is 2.59. The van der Waals surface area contributed by atoms with Gasteiger partial charge in [0.05, 0.1) is 5.69 Å². The van der Waals surface area contributed by atoms with Crippen LogP contribution in [0.25, 0.3) is 0 Å². The molecule has 0 aromatic heterocycles. The van der Waals surface area contributed by atoms with E-state index in [9.17, 15) is 18.0 Å². The Morgan fingerprint density at radius 2 is 2.20 bits per heavy atom. The molecule has 1 aromatic carbocycles. The Morgan fingerprint density at radius 3 is 2.70 bits per heavy atom. The fraction of sp³-hybridized carbons (Fsp3) is 0.308. The lowest BCUT2D eigenvalue weighted by molar-refractivity contribution is -0.274. The van der Waals surface area contributed by atoms with Crippen LogP contribution in [-0.2, 0) is 0 Å². The third-order valence-electron chi connectivity index (χ3n) is 2.30. The number of nitrogens with one attached hydrogen (secondary N) is 1. The molecule has 4 nitrogen and oxygen atoms in total. The lowest BCUT2D eigenvalue weighted by Gasteiger charge is -2.13. The molecule has 0 aliphatic rings. The number of carbonyl (C=O) groups excluding carboxylic acids is 1. The molecule has 0 spiro atoms. The third-order valence-corrected chi connectivity index (χ3v) is 2.30. The van der Waals surface area contributed by atoms with Crippen LogP contribution in [0.4, 0.5) is 18.9 Å². The van der Waals surface area contributed by atoms with E-state index in [0.717, 1.165) is 12.1 Å². The molecule has 0 bridgehead atoms. The topological polar surface area (TPSA) is 64.3 Å².